The summed E-state index contributed by atoms with van der Waals surface area (Å²) in [6.45, 7) is 0. The van der Waals surface area contributed by atoms with E-state index in [0.717, 1.165) is 10.6 Å². The van der Waals surface area contributed by atoms with Gasteiger partial charge in [0.2, 0.25) is 0 Å². The van der Waals surface area contributed by atoms with Crippen LogP contribution in [0.4, 0.5) is 0 Å². The molecule has 0 aliphatic heterocycles. The second kappa shape index (κ2) is 6.75. The number of thiophene rings is 1. The fourth-order valence-electron chi connectivity index (χ4n) is 2.35. The summed E-state index contributed by atoms with van der Waals surface area (Å²) in [5, 5.41) is 4.92. The summed E-state index contributed by atoms with van der Waals surface area (Å²) in [4.78, 5) is 0. The van der Waals surface area contributed by atoms with Crippen molar-refractivity contribution in [2.45, 2.75) is 5.92 Å². The van der Waals surface area contributed by atoms with E-state index in [1.165, 1.54) is 11.1 Å². The van der Waals surface area contributed by atoms with Crippen molar-refractivity contribution in [2.24, 2.45) is 0 Å². The first-order valence-corrected chi connectivity index (χ1v) is 8.16. The van der Waals surface area contributed by atoms with Crippen LogP contribution in [0.3, 0.4) is 0 Å². The predicted molar refractivity (Wildman–Crippen MR) is 92.9 cm³/mol. The number of benzene rings is 2. The Morgan fingerprint density at radius 2 is 1.43 bits per heavy atom. The van der Waals surface area contributed by atoms with Gasteiger partial charge >= 0.3 is 0 Å². The molecule has 0 nitrogen and oxygen atoms in total. The highest BCUT2D eigenvalue weighted by Crippen LogP contribution is 2.31. The van der Waals surface area contributed by atoms with Crippen LogP contribution in [0, 0.1) is 0 Å². The maximum atomic E-state index is 6.51. The van der Waals surface area contributed by atoms with Gasteiger partial charge in [0, 0.05) is 16.5 Å². The zero-order chi connectivity index (χ0) is 14.5. The highest BCUT2D eigenvalue weighted by molar-refractivity contribution is 7.08. The van der Waals surface area contributed by atoms with Crippen LogP contribution in [-0.4, -0.2) is 0 Å². The van der Waals surface area contributed by atoms with Crippen molar-refractivity contribution in [3.8, 4) is 0 Å². The van der Waals surface area contributed by atoms with Crippen molar-refractivity contribution < 1.29 is 0 Å². The monoisotopic (exact) mass is 310 g/mol. The standard InChI is InChI=1S/C19H15ClS/c20-19(17-11-12-21-14-17)13-18(15-7-3-1-4-8-15)16-9-5-2-6-10-16/h1-14,18H/b19-13+. The van der Waals surface area contributed by atoms with Gasteiger partial charge in [-0.1, -0.05) is 78.3 Å². The van der Waals surface area contributed by atoms with E-state index in [-0.39, 0.29) is 5.92 Å². The second-order valence-electron chi connectivity index (χ2n) is 4.83. The highest BCUT2D eigenvalue weighted by Gasteiger charge is 2.12. The van der Waals surface area contributed by atoms with Gasteiger partial charge in [0.1, 0.15) is 0 Å². The zero-order valence-electron chi connectivity index (χ0n) is 11.4. The molecule has 0 saturated heterocycles. The van der Waals surface area contributed by atoms with E-state index < -0.39 is 0 Å². The van der Waals surface area contributed by atoms with Gasteiger partial charge in [-0.15, -0.1) is 0 Å². The Bertz CT molecular complexity index is 660. The minimum absolute atomic E-state index is 0.166. The van der Waals surface area contributed by atoms with Gasteiger partial charge in [-0.2, -0.15) is 11.3 Å². The van der Waals surface area contributed by atoms with Crippen LogP contribution in [0.25, 0.3) is 5.03 Å². The quantitative estimate of drug-likeness (QED) is 0.541. The van der Waals surface area contributed by atoms with Crippen LogP contribution < -0.4 is 0 Å². The third kappa shape index (κ3) is 3.44. The summed E-state index contributed by atoms with van der Waals surface area (Å²) in [6, 6.07) is 23.0. The Kier molecular flexibility index (Phi) is 4.54. The van der Waals surface area contributed by atoms with Crippen LogP contribution in [0.5, 0.6) is 0 Å². The average molecular weight is 311 g/mol. The third-order valence-corrected chi connectivity index (χ3v) is 4.45. The van der Waals surface area contributed by atoms with E-state index in [9.17, 15) is 0 Å². The summed E-state index contributed by atoms with van der Waals surface area (Å²) in [6.07, 6.45) is 2.13. The van der Waals surface area contributed by atoms with E-state index in [1.54, 1.807) is 11.3 Å². The highest BCUT2D eigenvalue weighted by atomic mass is 35.5. The van der Waals surface area contributed by atoms with Gasteiger partial charge < -0.3 is 0 Å². The molecule has 21 heavy (non-hydrogen) atoms. The summed E-state index contributed by atoms with van der Waals surface area (Å²) >= 11 is 8.17. The Morgan fingerprint density at radius 3 is 1.90 bits per heavy atom. The molecule has 0 aliphatic carbocycles. The zero-order valence-corrected chi connectivity index (χ0v) is 13.0. The first-order chi connectivity index (χ1) is 10.3. The van der Waals surface area contributed by atoms with E-state index in [4.69, 9.17) is 11.6 Å². The van der Waals surface area contributed by atoms with Gasteiger partial charge in [-0.05, 0) is 28.0 Å². The topological polar surface area (TPSA) is 0 Å². The molecule has 0 amide bonds. The molecule has 2 heteroatoms. The minimum Gasteiger partial charge on any atom is -0.152 e. The maximum absolute atomic E-state index is 6.51. The van der Waals surface area contributed by atoms with E-state index in [1.807, 2.05) is 17.5 Å². The summed E-state index contributed by atoms with van der Waals surface area (Å²) in [5.74, 6) is 0.166. The van der Waals surface area contributed by atoms with Crippen molar-refractivity contribution in [1.29, 1.82) is 0 Å². The fourth-order valence-corrected chi connectivity index (χ4v) is 3.31. The molecule has 0 atom stereocenters. The molecule has 0 bridgehead atoms. The van der Waals surface area contributed by atoms with Crippen LogP contribution >= 0.6 is 22.9 Å². The molecule has 0 fully saturated rings. The van der Waals surface area contributed by atoms with Crippen LogP contribution in [0.15, 0.2) is 83.6 Å². The van der Waals surface area contributed by atoms with Crippen LogP contribution in [0.2, 0.25) is 0 Å². The van der Waals surface area contributed by atoms with Crippen LogP contribution in [-0.2, 0) is 0 Å². The van der Waals surface area contributed by atoms with Gasteiger partial charge in [0.25, 0.3) is 0 Å². The van der Waals surface area contributed by atoms with Crippen molar-refractivity contribution in [2.75, 3.05) is 0 Å². The molecule has 0 spiro atoms. The lowest BCUT2D eigenvalue weighted by atomic mass is 9.90. The molecule has 3 rings (SSSR count). The van der Waals surface area contributed by atoms with E-state index >= 15 is 0 Å². The van der Waals surface area contributed by atoms with Gasteiger partial charge in [0.05, 0.1) is 0 Å². The third-order valence-electron chi connectivity index (χ3n) is 3.43. The van der Waals surface area contributed by atoms with Gasteiger partial charge in [-0.3, -0.25) is 0 Å². The fraction of sp³-hybridized carbons (Fsp3) is 0.0526. The molecule has 3 aromatic rings. The molecular formula is C19H15ClS. The lowest BCUT2D eigenvalue weighted by Crippen LogP contribution is -1.98. The molecular weight excluding hydrogens is 296 g/mol. The van der Waals surface area contributed by atoms with Crippen molar-refractivity contribution in [3.05, 3.63) is 100 Å². The molecule has 1 heterocycles. The number of hydrogen-bond acceptors (Lipinski definition) is 1. The first-order valence-electron chi connectivity index (χ1n) is 6.84. The Hall–Kier alpha value is -1.83. The van der Waals surface area contributed by atoms with Crippen LogP contribution in [0.1, 0.15) is 22.6 Å². The summed E-state index contributed by atoms with van der Waals surface area (Å²) in [7, 11) is 0. The minimum atomic E-state index is 0.166. The molecule has 0 N–H and O–H groups in total. The summed E-state index contributed by atoms with van der Waals surface area (Å²) in [5.41, 5.74) is 3.58. The second-order valence-corrected chi connectivity index (χ2v) is 6.01. The number of allylic oxidation sites excluding steroid dienone is 1. The molecule has 1 aromatic heterocycles. The average Bonchev–Trinajstić information content (AvgIpc) is 3.09. The Balaban J connectivity index is 2.03. The van der Waals surface area contributed by atoms with Crippen molar-refractivity contribution in [3.63, 3.8) is 0 Å². The molecule has 0 aliphatic rings. The Labute approximate surface area is 134 Å². The molecule has 0 unspecified atom stereocenters. The largest absolute Gasteiger partial charge is 0.152 e. The molecule has 0 saturated carbocycles. The first kappa shape index (κ1) is 14.1. The SMILES string of the molecule is Cl/C(=C/C(c1ccccc1)c1ccccc1)c1ccsc1. The van der Waals surface area contributed by atoms with Gasteiger partial charge in [-0.25, -0.2) is 0 Å². The predicted octanol–water partition coefficient (Wildman–Crippen LogP) is 6.16. The van der Waals surface area contributed by atoms with Gasteiger partial charge in [0.15, 0.2) is 0 Å². The molecule has 0 radical (unpaired) electrons. The van der Waals surface area contributed by atoms with Crippen molar-refractivity contribution in [1.82, 2.24) is 0 Å². The number of hydrogen-bond donors (Lipinski definition) is 0. The Morgan fingerprint density at radius 1 is 0.857 bits per heavy atom. The summed E-state index contributed by atoms with van der Waals surface area (Å²) < 4.78 is 0. The van der Waals surface area contributed by atoms with E-state index in [2.05, 4.69) is 66.1 Å². The lowest BCUT2D eigenvalue weighted by Gasteiger charge is -2.15. The lowest BCUT2D eigenvalue weighted by molar-refractivity contribution is 1.03. The van der Waals surface area contributed by atoms with E-state index in [0.29, 0.717) is 0 Å². The number of halogens is 1. The molecule has 2 aromatic carbocycles. The smallest absolute Gasteiger partial charge is 0.0456 e. The molecule has 104 valence electrons. The number of rotatable bonds is 4. The normalized spacial score (nSPS) is 11.8. The van der Waals surface area contributed by atoms with Crippen molar-refractivity contribution >= 4 is 28.0 Å². The maximum Gasteiger partial charge on any atom is 0.0456 e.